The molecule has 5 nitrogen and oxygen atoms in total. The molecule has 1 aromatic rings. The summed E-state index contributed by atoms with van der Waals surface area (Å²) in [6.45, 7) is 3.90. The molecule has 0 bridgehead atoms. The van der Waals surface area contributed by atoms with Crippen molar-refractivity contribution in [3.05, 3.63) is 23.8 Å². The van der Waals surface area contributed by atoms with Gasteiger partial charge in [0.1, 0.15) is 11.5 Å². The SMILES string of the molecule is CCNC(=O)CCNCc1cc(OC)cc(OC)c1. The van der Waals surface area contributed by atoms with Crippen LogP contribution in [0.4, 0.5) is 0 Å². The Bertz CT molecular complexity index is 385. The summed E-state index contributed by atoms with van der Waals surface area (Å²) >= 11 is 0. The maximum absolute atomic E-state index is 11.3. The number of rotatable bonds is 8. The molecule has 0 radical (unpaired) electrons. The van der Waals surface area contributed by atoms with Gasteiger partial charge in [-0.25, -0.2) is 0 Å². The minimum absolute atomic E-state index is 0.0678. The van der Waals surface area contributed by atoms with Crippen LogP contribution in [0.1, 0.15) is 18.9 Å². The summed E-state index contributed by atoms with van der Waals surface area (Å²) in [6, 6.07) is 5.72. The van der Waals surface area contributed by atoms with Gasteiger partial charge in [-0.2, -0.15) is 0 Å². The molecule has 0 aliphatic carbocycles. The van der Waals surface area contributed by atoms with Crippen LogP contribution in [0.3, 0.4) is 0 Å². The average Bonchev–Trinajstić information content (AvgIpc) is 2.43. The first-order valence-corrected chi connectivity index (χ1v) is 6.39. The Hall–Kier alpha value is -1.75. The Morgan fingerprint density at radius 2 is 1.79 bits per heavy atom. The minimum atomic E-state index is 0.0678. The zero-order chi connectivity index (χ0) is 14.1. The van der Waals surface area contributed by atoms with E-state index >= 15 is 0 Å². The molecule has 0 aromatic heterocycles. The molecule has 19 heavy (non-hydrogen) atoms. The quantitative estimate of drug-likeness (QED) is 0.697. The second kappa shape index (κ2) is 8.37. The Kier molecular flexibility index (Phi) is 6.74. The molecule has 0 fully saturated rings. The fourth-order valence-corrected chi connectivity index (χ4v) is 1.69. The molecule has 0 aliphatic heterocycles. The zero-order valence-electron chi connectivity index (χ0n) is 11.8. The second-order valence-electron chi connectivity index (χ2n) is 4.10. The van der Waals surface area contributed by atoms with E-state index in [9.17, 15) is 4.79 Å². The largest absolute Gasteiger partial charge is 0.497 e. The summed E-state index contributed by atoms with van der Waals surface area (Å²) in [4.78, 5) is 11.3. The molecule has 0 unspecified atom stereocenters. The van der Waals surface area contributed by atoms with Crippen molar-refractivity contribution in [1.82, 2.24) is 10.6 Å². The van der Waals surface area contributed by atoms with Gasteiger partial charge < -0.3 is 20.1 Å². The van der Waals surface area contributed by atoms with Gasteiger partial charge in [0.05, 0.1) is 14.2 Å². The third-order valence-electron chi connectivity index (χ3n) is 2.64. The Morgan fingerprint density at radius 3 is 2.32 bits per heavy atom. The topological polar surface area (TPSA) is 59.6 Å². The van der Waals surface area contributed by atoms with Crippen molar-refractivity contribution >= 4 is 5.91 Å². The molecule has 0 aliphatic rings. The number of hydrogen-bond acceptors (Lipinski definition) is 4. The zero-order valence-corrected chi connectivity index (χ0v) is 11.8. The molecule has 1 amide bonds. The molecule has 0 saturated carbocycles. The summed E-state index contributed by atoms with van der Waals surface area (Å²) in [5, 5.41) is 5.98. The molecule has 1 rings (SSSR count). The first-order chi connectivity index (χ1) is 9.19. The van der Waals surface area contributed by atoms with E-state index in [2.05, 4.69) is 10.6 Å². The molecule has 0 spiro atoms. The van der Waals surface area contributed by atoms with E-state index in [1.165, 1.54) is 0 Å². The van der Waals surface area contributed by atoms with Crippen molar-refractivity contribution in [2.24, 2.45) is 0 Å². The summed E-state index contributed by atoms with van der Waals surface area (Å²) in [7, 11) is 3.25. The van der Waals surface area contributed by atoms with Crippen LogP contribution in [-0.4, -0.2) is 33.2 Å². The van der Waals surface area contributed by atoms with Crippen LogP contribution in [0.2, 0.25) is 0 Å². The van der Waals surface area contributed by atoms with E-state index in [1.807, 2.05) is 25.1 Å². The first kappa shape index (κ1) is 15.3. The number of benzene rings is 1. The molecule has 1 aromatic carbocycles. The number of methoxy groups -OCH3 is 2. The number of nitrogens with one attached hydrogen (secondary N) is 2. The predicted molar refractivity (Wildman–Crippen MR) is 74.6 cm³/mol. The fourth-order valence-electron chi connectivity index (χ4n) is 1.69. The number of amides is 1. The molecular weight excluding hydrogens is 244 g/mol. The monoisotopic (exact) mass is 266 g/mol. The first-order valence-electron chi connectivity index (χ1n) is 6.39. The van der Waals surface area contributed by atoms with Gasteiger partial charge in [-0.05, 0) is 24.6 Å². The van der Waals surface area contributed by atoms with Crippen molar-refractivity contribution < 1.29 is 14.3 Å². The van der Waals surface area contributed by atoms with Crippen LogP contribution in [0.25, 0.3) is 0 Å². The highest BCUT2D eigenvalue weighted by atomic mass is 16.5. The van der Waals surface area contributed by atoms with E-state index < -0.39 is 0 Å². The highest BCUT2D eigenvalue weighted by molar-refractivity contribution is 5.75. The molecular formula is C14H22N2O3. The number of carbonyl (C=O) groups excluding carboxylic acids is 1. The van der Waals surface area contributed by atoms with Gasteiger partial charge >= 0.3 is 0 Å². The number of hydrogen-bond donors (Lipinski definition) is 2. The van der Waals surface area contributed by atoms with Gasteiger partial charge in [-0.1, -0.05) is 0 Å². The van der Waals surface area contributed by atoms with Crippen molar-refractivity contribution in [1.29, 1.82) is 0 Å². The lowest BCUT2D eigenvalue weighted by Crippen LogP contribution is -2.27. The van der Waals surface area contributed by atoms with E-state index in [0.29, 0.717) is 26.1 Å². The summed E-state index contributed by atoms with van der Waals surface area (Å²) in [5.74, 6) is 1.60. The average molecular weight is 266 g/mol. The molecule has 106 valence electrons. The minimum Gasteiger partial charge on any atom is -0.497 e. The maximum atomic E-state index is 11.3. The highest BCUT2D eigenvalue weighted by Crippen LogP contribution is 2.22. The van der Waals surface area contributed by atoms with E-state index in [1.54, 1.807) is 14.2 Å². The lowest BCUT2D eigenvalue weighted by atomic mass is 10.2. The fraction of sp³-hybridized carbons (Fsp3) is 0.500. The maximum Gasteiger partial charge on any atom is 0.221 e. The van der Waals surface area contributed by atoms with Crippen LogP contribution in [0.15, 0.2) is 18.2 Å². The van der Waals surface area contributed by atoms with Crippen LogP contribution >= 0.6 is 0 Å². The third-order valence-corrected chi connectivity index (χ3v) is 2.64. The Balaban J connectivity index is 2.42. The number of ether oxygens (including phenoxy) is 2. The second-order valence-corrected chi connectivity index (χ2v) is 4.10. The normalized spacial score (nSPS) is 10.1. The number of carbonyl (C=O) groups is 1. The molecule has 5 heteroatoms. The van der Waals surface area contributed by atoms with Crippen LogP contribution < -0.4 is 20.1 Å². The van der Waals surface area contributed by atoms with Crippen molar-refractivity contribution in [3.8, 4) is 11.5 Å². The standard InChI is InChI=1S/C14H22N2O3/c1-4-16-14(17)5-6-15-10-11-7-12(18-2)9-13(8-11)19-3/h7-9,15H,4-6,10H2,1-3H3,(H,16,17). The van der Waals surface area contributed by atoms with Gasteiger partial charge in [-0.15, -0.1) is 0 Å². The van der Waals surface area contributed by atoms with E-state index in [-0.39, 0.29) is 5.91 Å². The summed E-state index contributed by atoms with van der Waals surface area (Å²) < 4.78 is 10.4. The Morgan fingerprint density at radius 1 is 1.16 bits per heavy atom. The van der Waals surface area contributed by atoms with Gasteiger partial charge in [0, 0.05) is 32.1 Å². The van der Waals surface area contributed by atoms with Crippen LogP contribution in [-0.2, 0) is 11.3 Å². The molecule has 0 atom stereocenters. The van der Waals surface area contributed by atoms with Gasteiger partial charge in [-0.3, -0.25) is 4.79 Å². The lowest BCUT2D eigenvalue weighted by Gasteiger charge is -2.09. The van der Waals surface area contributed by atoms with E-state index in [0.717, 1.165) is 17.1 Å². The molecule has 0 heterocycles. The van der Waals surface area contributed by atoms with Gasteiger partial charge in [0.2, 0.25) is 5.91 Å². The van der Waals surface area contributed by atoms with Crippen LogP contribution in [0.5, 0.6) is 11.5 Å². The molecule has 0 saturated heterocycles. The van der Waals surface area contributed by atoms with E-state index in [4.69, 9.17) is 9.47 Å². The summed E-state index contributed by atoms with van der Waals surface area (Å²) in [6.07, 6.45) is 0.481. The van der Waals surface area contributed by atoms with Crippen molar-refractivity contribution in [3.63, 3.8) is 0 Å². The van der Waals surface area contributed by atoms with Gasteiger partial charge in [0.15, 0.2) is 0 Å². The summed E-state index contributed by atoms with van der Waals surface area (Å²) in [5.41, 5.74) is 1.06. The smallest absolute Gasteiger partial charge is 0.221 e. The predicted octanol–water partition coefficient (Wildman–Crippen LogP) is 1.32. The third kappa shape index (κ3) is 5.61. The lowest BCUT2D eigenvalue weighted by molar-refractivity contribution is -0.120. The van der Waals surface area contributed by atoms with Crippen molar-refractivity contribution in [2.75, 3.05) is 27.3 Å². The highest BCUT2D eigenvalue weighted by Gasteiger charge is 2.02. The van der Waals surface area contributed by atoms with Gasteiger partial charge in [0.25, 0.3) is 0 Å². The molecule has 2 N–H and O–H groups in total. The Labute approximate surface area is 114 Å². The van der Waals surface area contributed by atoms with Crippen molar-refractivity contribution in [2.45, 2.75) is 19.9 Å². The van der Waals surface area contributed by atoms with Crippen LogP contribution in [0, 0.1) is 0 Å².